The molecule has 0 spiro atoms. The molecule has 1 aliphatic rings. The summed E-state index contributed by atoms with van der Waals surface area (Å²) in [7, 11) is 0. The molecule has 1 aliphatic heterocycles. The van der Waals surface area contributed by atoms with Crippen LogP contribution in [0.25, 0.3) is 11.4 Å². The highest BCUT2D eigenvalue weighted by atomic mass is 35.5. The van der Waals surface area contributed by atoms with Crippen molar-refractivity contribution < 1.29 is 9.53 Å². The van der Waals surface area contributed by atoms with Crippen LogP contribution < -0.4 is 0 Å². The van der Waals surface area contributed by atoms with Gasteiger partial charge in [-0.05, 0) is 54.8 Å². The normalized spacial score (nSPS) is 16.2. The summed E-state index contributed by atoms with van der Waals surface area (Å²) in [6, 6.07) is 11.1. The average molecular weight is 464 g/mol. The number of morpholine rings is 1. The molecule has 9 nitrogen and oxygen atoms in total. The fraction of sp³-hybridized carbons (Fsp3) is 0.261. The molecular weight excluding hydrogens is 442 g/mol. The second kappa shape index (κ2) is 9.13. The zero-order valence-corrected chi connectivity index (χ0v) is 18.8. The Hall–Kier alpha value is -3.56. The van der Waals surface area contributed by atoms with E-state index in [0.717, 1.165) is 16.8 Å². The van der Waals surface area contributed by atoms with Crippen LogP contribution in [0.2, 0.25) is 5.02 Å². The zero-order valence-electron chi connectivity index (χ0n) is 18.0. The predicted octanol–water partition coefficient (Wildman–Crippen LogP) is 2.89. The lowest BCUT2D eigenvalue weighted by molar-refractivity contribution is -0.00164. The van der Waals surface area contributed by atoms with E-state index >= 15 is 0 Å². The van der Waals surface area contributed by atoms with Gasteiger partial charge in [-0.25, -0.2) is 0 Å². The molecule has 0 unspecified atom stereocenters. The van der Waals surface area contributed by atoms with Crippen molar-refractivity contribution >= 4 is 17.5 Å². The molecule has 168 valence electrons. The standard InChI is InChI=1S/C23H22ClN7O2/c1-16-2-4-20(22(12-16)31-27-8-9-28-31)23(32)29-10-11-33-15-19(29)14-17-13-18(3-5-21(17)24)30-25-6-7-26-30/h2-9,12-13,19H,10-11,14-15H2,1H3/t19-/m1/s1. The number of hydrogen-bond acceptors (Lipinski definition) is 6. The van der Waals surface area contributed by atoms with E-state index in [-0.39, 0.29) is 11.9 Å². The number of amides is 1. The van der Waals surface area contributed by atoms with Crippen LogP contribution in [0.1, 0.15) is 21.5 Å². The van der Waals surface area contributed by atoms with Crippen molar-refractivity contribution in [1.82, 2.24) is 34.9 Å². The molecule has 0 bridgehead atoms. The molecule has 1 atom stereocenters. The summed E-state index contributed by atoms with van der Waals surface area (Å²) in [5.74, 6) is -0.0865. The lowest BCUT2D eigenvalue weighted by Crippen LogP contribution is -2.50. The molecule has 10 heteroatoms. The van der Waals surface area contributed by atoms with Gasteiger partial charge in [0.05, 0.1) is 61.0 Å². The van der Waals surface area contributed by atoms with E-state index in [0.29, 0.717) is 42.5 Å². The van der Waals surface area contributed by atoms with Gasteiger partial charge < -0.3 is 9.64 Å². The quantitative estimate of drug-likeness (QED) is 0.452. The summed E-state index contributed by atoms with van der Waals surface area (Å²) in [4.78, 5) is 18.6. The summed E-state index contributed by atoms with van der Waals surface area (Å²) < 4.78 is 5.74. The van der Waals surface area contributed by atoms with Gasteiger partial charge in [-0.1, -0.05) is 17.7 Å². The minimum Gasteiger partial charge on any atom is -0.377 e. The van der Waals surface area contributed by atoms with Crippen molar-refractivity contribution in [2.24, 2.45) is 0 Å². The Labute approximate surface area is 195 Å². The smallest absolute Gasteiger partial charge is 0.256 e. The molecule has 1 amide bonds. The predicted molar refractivity (Wildman–Crippen MR) is 122 cm³/mol. The molecule has 0 N–H and O–H groups in total. The van der Waals surface area contributed by atoms with Crippen LogP contribution in [-0.4, -0.2) is 66.6 Å². The van der Waals surface area contributed by atoms with E-state index in [9.17, 15) is 4.79 Å². The molecule has 1 fully saturated rings. The van der Waals surface area contributed by atoms with Gasteiger partial charge in [0, 0.05) is 11.6 Å². The number of carbonyl (C=O) groups is 1. The number of rotatable bonds is 5. The summed E-state index contributed by atoms with van der Waals surface area (Å²) in [6.45, 7) is 3.37. The Bertz CT molecular complexity index is 1260. The number of aryl methyl sites for hydroxylation is 1. The second-order valence-corrected chi connectivity index (χ2v) is 8.27. The number of nitrogens with zero attached hydrogens (tertiary/aromatic N) is 7. The molecule has 2 aromatic carbocycles. The summed E-state index contributed by atoms with van der Waals surface area (Å²) in [6.07, 6.45) is 6.98. The van der Waals surface area contributed by atoms with Gasteiger partial charge in [0.15, 0.2) is 0 Å². The first-order valence-corrected chi connectivity index (χ1v) is 11.0. The number of hydrogen-bond donors (Lipinski definition) is 0. The summed E-state index contributed by atoms with van der Waals surface area (Å²) in [5, 5.41) is 17.5. The molecule has 2 aromatic heterocycles. The molecule has 0 saturated carbocycles. The maximum absolute atomic E-state index is 13.7. The number of benzene rings is 2. The highest BCUT2D eigenvalue weighted by Gasteiger charge is 2.30. The molecule has 0 radical (unpaired) electrons. The number of ether oxygens (including phenoxy) is 1. The van der Waals surface area contributed by atoms with Crippen LogP contribution in [-0.2, 0) is 11.2 Å². The van der Waals surface area contributed by atoms with Crippen LogP contribution >= 0.6 is 11.6 Å². The van der Waals surface area contributed by atoms with E-state index in [1.807, 2.05) is 48.2 Å². The third-order valence-electron chi connectivity index (χ3n) is 5.64. The maximum Gasteiger partial charge on any atom is 0.256 e. The first kappa shape index (κ1) is 21.3. The monoisotopic (exact) mass is 463 g/mol. The van der Waals surface area contributed by atoms with Gasteiger partial charge in [-0.2, -0.15) is 30.0 Å². The number of halogens is 1. The highest BCUT2D eigenvalue weighted by Crippen LogP contribution is 2.25. The van der Waals surface area contributed by atoms with Gasteiger partial charge in [0.2, 0.25) is 0 Å². The first-order valence-electron chi connectivity index (χ1n) is 10.6. The topological polar surface area (TPSA) is 91.0 Å². The van der Waals surface area contributed by atoms with Gasteiger partial charge in [0.25, 0.3) is 5.91 Å². The molecule has 4 aromatic rings. The Balaban J connectivity index is 1.45. The first-order chi connectivity index (χ1) is 16.1. The Morgan fingerprint density at radius 3 is 2.52 bits per heavy atom. The number of aromatic nitrogens is 6. The van der Waals surface area contributed by atoms with Crippen molar-refractivity contribution in [2.75, 3.05) is 19.8 Å². The van der Waals surface area contributed by atoms with Crippen LogP contribution in [0.5, 0.6) is 0 Å². The van der Waals surface area contributed by atoms with E-state index in [4.69, 9.17) is 16.3 Å². The van der Waals surface area contributed by atoms with Gasteiger partial charge >= 0.3 is 0 Å². The van der Waals surface area contributed by atoms with Crippen LogP contribution in [0, 0.1) is 6.92 Å². The Morgan fingerprint density at radius 2 is 1.76 bits per heavy atom. The van der Waals surface area contributed by atoms with Crippen molar-refractivity contribution in [1.29, 1.82) is 0 Å². The second-order valence-electron chi connectivity index (χ2n) is 7.86. The molecule has 1 saturated heterocycles. The minimum absolute atomic E-state index is 0.0865. The van der Waals surface area contributed by atoms with E-state index in [2.05, 4.69) is 20.4 Å². The van der Waals surface area contributed by atoms with Crippen LogP contribution in [0.4, 0.5) is 0 Å². The lowest BCUT2D eigenvalue weighted by atomic mass is 10.0. The van der Waals surface area contributed by atoms with E-state index in [1.165, 1.54) is 9.59 Å². The summed E-state index contributed by atoms with van der Waals surface area (Å²) in [5.41, 5.74) is 3.93. The number of carbonyl (C=O) groups excluding carboxylic acids is 1. The lowest BCUT2D eigenvalue weighted by Gasteiger charge is -2.36. The summed E-state index contributed by atoms with van der Waals surface area (Å²) >= 11 is 6.52. The fourth-order valence-corrected chi connectivity index (χ4v) is 4.21. The van der Waals surface area contributed by atoms with Gasteiger partial charge in [-0.3, -0.25) is 4.79 Å². The highest BCUT2D eigenvalue weighted by molar-refractivity contribution is 6.31. The van der Waals surface area contributed by atoms with Crippen LogP contribution in [0.15, 0.2) is 61.2 Å². The molecule has 0 aliphatic carbocycles. The fourth-order valence-electron chi connectivity index (χ4n) is 4.02. The van der Waals surface area contributed by atoms with Crippen molar-refractivity contribution in [3.63, 3.8) is 0 Å². The molecule has 33 heavy (non-hydrogen) atoms. The molecule has 5 rings (SSSR count). The van der Waals surface area contributed by atoms with Crippen molar-refractivity contribution in [3.05, 3.63) is 82.9 Å². The minimum atomic E-state index is -0.177. The third-order valence-corrected chi connectivity index (χ3v) is 6.01. The molecular formula is C23H22ClN7O2. The van der Waals surface area contributed by atoms with E-state index < -0.39 is 0 Å². The zero-order chi connectivity index (χ0) is 22.8. The van der Waals surface area contributed by atoms with Crippen molar-refractivity contribution in [2.45, 2.75) is 19.4 Å². The Kier molecular flexibility index (Phi) is 5.89. The van der Waals surface area contributed by atoms with Gasteiger partial charge in [0.1, 0.15) is 0 Å². The SMILES string of the molecule is Cc1ccc(C(=O)N2CCOC[C@H]2Cc2cc(-n3nccn3)ccc2Cl)c(-n2nccn2)c1. The third kappa shape index (κ3) is 4.37. The molecule has 3 heterocycles. The maximum atomic E-state index is 13.7. The largest absolute Gasteiger partial charge is 0.377 e. The van der Waals surface area contributed by atoms with E-state index in [1.54, 1.807) is 24.8 Å². The average Bonchev–Trinajstić information content (AvgIpc) is 3.55. The van der Waals surface area contributed by atoms with Crippen molar-refractivity contribution in [3.8, 4) is 11.4 Å². The Morgan fingerprint density at radius 1 is 1.03 bits per heavy atom. The van der Waals surface area contributed by atoms with Gasteiger partial charge in [-0.15, -0.1) is 0 Å². The van der Waals surface area contributed by atoms with Crippen LogP contribution in [0.3, 0.4) is 0 Å².